The molecule has 2 rings (SSSR count). The molecule has 0 saturated carbocycles. The van der Waals surface area contributed by atoms with Gasteiger partial charge in [-0.2, -0.15) is 26.3 Å². The highest BCUT2D eigenvalue weighted by Gasteiger charge is 2.37. The zero-order valence-electron chi connectivity index (χ0n) is 22.8. The zero-order chi connectivity index (χ0) is 30.8. The first kappa shape index (κ1) is 32.3. The van der Waals surface area contributed by atoms with E-state index in [0.717, 1.165) is 7.11 Å². The van der Waals surface area contributed by atoms with Crippen molar-refractivity contribution in [1.82, 2.24) is 9.80 Å². The highest BCUT2D eigenvalue weighted by Crippen LogP contribution is 2.37. The van der Waals surface area contributed by atoms with Crippen LogP contribution in [0.2, 0.25) is 0 Å². The van der Waals surface area contributed by atoms with Gasteiger partial charge in [-0.1, -0.05) is 0 Å². The number of esters is 1. The topological polar surface area (TPSA) is 81.7 Å². The standard InChI is InChI=1S/C27H28F6N2O5/c1-25(2,3)40-24(38)34-20(23(37)39-7)13-16-10-15(8-9-21(16)35(4,5)6)22(36)17-11-18(26(28,29)30)14-19(12-17)27(31,32)33/h8-14H,1-7H3/p+1/b20-13-. The normalized spacial score (nSPS) is 13.1. The summed E-state index contributed by atoms with van der Waals surface area (Å²) in [6, 6.07) is 4.46. The number of quaternary nitrogens is 1. The van der Waals surface area contributed by atoms with Gasteiger partial charge in [-0.05, 0) is 57.2 Å². The summed E-state index contributed by atoms with van der Waals surface area (Å²) >= 11 is 0. The Kier molecular flexibility index (Phi) is 9.15. The molecule has 40 heavy (non-hydrogen) atoms. The van der Waals surface area contributed by atoms with Crippen LogP contribution in [-0.4, -0.2) is 51.7 Å². The highest BCUT2D eigenvalue weighted by atomic mass is 19.4. The number of alkyl halides is 6. The van der Waals surface area contributed by atoms with E-state index in [-0.39, 0.29) is 21.7 Å². The minimum atomic E-state index is -5.14. The maximum absolute atomic E-state index is 13.3. The molecule has 13 heteroatoms. The Morgan fingerprint density at radius 2 is 1.35 bits per heavy atom. The fraction of sp³-hybridized carbons (Fsp3) is 0.370. The quantitative estimate of drug-likeness (QED) is 0.146. The number of halogens is 6. The van der Waals surface area contributed by atoms with Crippen LogP contribution in [0.3, 0.4) is 0 Å². The van der Waals surface area contributed by atoms with Crippen LogP contribution in [0.4, 0.5) is 36.8 Å². The zero-order valence-corrected chi connectivity index (χ0v) is 22.8. The molecule has 218 valence electrons. The molecule has 7 nitrogen and oxygen atoms in total. The van der Waals surface area contributed by atoms with Gasteiger partial charge in [-0.15, -0.1) is 0 Å². The maximum atomic E-state index is 13.3. The van der Waals surface area contributed by atoms with Crippen molar-refractivity contribution < 1.29 is 50.2 Å². The average Bonchev–Trinajstić information content (AvgIpc) is 2.79. The van der Waals surface area contributed by atoms with Gasteiger partial charge < -0.3 is 9.47 Å². The number of nitrogens with one attached hydrogen (secondary N) is 1. The van der Waals surface area contributed by atoms with E-state index in [0.29, 0.717) is 17.8 Å². The number of rotatable bonds is 6. The molecule has 0 aliphatic rings. The van der Waals surface area contributed by atoms with Crippen LogP contribution in [0.5, 0.6) is 0 Å². The number of methoxy groups -OCH3 is 1. The highest BCUT2D eigenvalue weighted by molar-refractivity contribution is 6.10. The van der Waals surface area contributed by atoms with Crippen molar-refractivity contribution >= 4 is 29.6 Å². The minimum Gasteiger partial charge on any atom is -0.464 e. The second kappa shape index (κ2) is 11.3. The molecule has 0 heterocycles. The number of carbonyl (C=O) groups is 3. The number of benzene rings is 2. The molecule has 0 spiro atoms. The summed E-state index contributed by atoms with van der Waals surface area (Å²) in [6.45, 7) is 4.78. The van der Waals surface area contributed by atoms with Crippen molar-refractivity contribution in [3.8, 4) is 0 Å². The van der Waals surface area contributed by atoms with Crippen molar-refractivity contribution in [2.24, 2.45) is 0 Å². The maximum Gasteiger partial charge on any atom is 0.416 e. The van der Waals surface area contributed by atoms with Crippen LogP contribution in [0.25, 0.3) is 6.08 Å². The van der Waals surface area contributed by atoms with E-state index in [1.807, 2.05) is 0 Å². The molecule has 0 fully saturated rings. The van der Waals surface area contributed by atoms with Gasteiger partial charge in [-0.3, -0.25) is 14.6 Å². The summed E-state index contributed by atoms with van der Waals surface area (Å²) < 4.78 is 90.0. The van der Waals surface area contributed by atoms with Gasteiger partial charge in [0.25, 0.3) is 0 Å². The van der Waals surface area contributed by atoms with Crippen LogP contribution in [0, 0.1) is 0 Å². The molecule has 0 saturated heterocycles. The number of amides is 1. The van der Waals surface area contributed by atoms with Crippen LogP contribution in [-0.2, 0) is 26.6 Å². The van der Waals surface area contributed by atoms with Gasteiger partial charge in [0.15, 0.2) is 5.78 Å². The fourth-order valence-corrected chi connectivity index (χ4v) is 3.50. The summed E-state index contributed by atoms with van der Waals surface area (Å²) in [5, 5.41) is 2.26. The Morgan fingerprint density at radius 1 is 0.825 bits per heavy atom. The molecule has 1 N–H and O–H groups in total. The summed E-state index contributed by atoms with van der Waals surface area (Å²) in [7, 11) is 6.25. The first-order valence-electron chi connectivity index (χ1n) is 11.6. The van der Waals surface area contributed by atoms with E-state index in [9.17, 15) is 40.7 Å². The van der Waals surface area contributed by atoms with E-state index < -0.39 is 58.2 Å². The van der Waals surface area contributed by atoms with Gasteiger partial charge in [-0.25, -0.2) is 9.59 Å². The largest absolute Gasteiger partial charge is 0.464 e. The third-order valence-electron chi connectivity index (χ3n) is 5.20. The molecular formula is C27H29F6N2O5+. The van der Waals surface area contributed by atoms with Crippen LogP contribution >= 0.6 is 0 Å². The van der Waals surface area contributed by atoms with E-state index >= 15 is 0 Å². The first-order chi connectivity index (χ1) is 18.0. The van der Waals surface area contributed by atoms with Crippen LogP contribution in [0.1, 0.15) is 53.4 Å². The number of carbonyl (C=O) groups excluding carboxylic acids is 3. The molecule has 2 aromatic carbocycles. The second-order valence-corrected chi connectivity index (χ2v) is 10.6. The predicted molar refractivity (Wildman–Crippen MR) is 135 cm³/mol. The molecule has 0 radical (unpaired) electrons. The van der Waals surface area contributed by atoms with Crippen molar-refractivity contribution in [1.29, 1.82) is 0 Å². The summed E-state index contributed by atoms with van der Waals surface area (Å²) in [6.07, 6.45) is -10.1. The molecule has 0 unspecified atom stereocenters. The van der Waals surface area contributed by atoms with Gasteiger partial charge in [0.05, 0.1) is 39.4 Å². The lowest BCUT2D eigenvalue weighted by Gasteiger charge is -2.26. The number of hydrogen-bond acceptors (Lipinski definition) is 5. The molecule has 0 aromatic heterocycles. The summed E-state index contributed by atoms with van der Waals surface area (Å²) in [5.74, 6) is -2.11. The minimum absolute atomic E-state index is 0.0733. The van der Waals surface area contributed by atoms with Crippen molar-refractivity contribution in [3.05, 3.63) is 69.9 Å². The lowest BCUT2D eigenvalue weighted by atomic mass is 9.96. The van der Waals surface area contributed by atoms with E-state index in [1.54, 1.807) is 41.9 Å². The van der Waals surface area contributed by atoms with Crippen LogP contribution in [0.15, 0.2) is 42.1 Å². The third-order valence-corrected chi connectivity index (χ3v) is 5.20. The van der Waals surface area contributed by atoms with E-state index in [1.165, 1.54) is 24.3 Å². The van der Waals surface area contributed by atoms with Crippen molar-refractivity contribution in [2.45, 2.75) is 38.7 Å². The summed E-state index contributed by atoms with van der Waals surface area (Å²) in [4.78, 5) is 37.9. The van der Waals surface area contributed by atoms with Gasteiger partial charge in [0.1, 0.15) is 17.0 Å². The lowest BCUT2D eigenvalue weighted by Crippen LogP contribution is -2.36. The number of hydrogen-bond donors (Lipinski definition) is 1. The fourth-order valence-electron chi connectivity index (χ4n) is 3.50. The average molecular weight is 576 g/mol. The first-order valence-corrected chi connectivity index (χ1v) is 11.6. The molecule has 0 atom stereocenters. The Labute approximate surface area is 226 Å². The smallest absolute Gasteiger partial charge is 0.416 e. The third kappa shape index (κ3) is 8.57. The number of ketones is 1. The monoisotopic (exact) mass is 575 g/mol. The predicted octanol–water partition coefficient (Wildman–Crippen LogP) is 6.19. The Hall–Kier alpha value is -3.87. The van der Waals surface area contributed by atoms with Gasteiger partial charge >= 0.3 is 24.4 Å². The van der Waals surface area contributed by atoms with E-state index in [4.69, 9.17) is 9.47 Å². The number of ether oxygens (including phenoxy) is 2. The lowest BCUT2D eigenvalue weighted by molar-refractivity contribution is -0.143. The Morgan fingerprint density at radius 3 is 1.77 bits per heavy atom. The van der Waals surface area contributed by atoms with E-state index in [2.05, 4.69) is 5.32 Å². The SMILES string of the molecule is COC(=O)/C(=C/c1cc(C(=O)c2cc(C(F)(F)F)cc(C(F)(F)F)c2)ccc1[N+](C)(C)C)NC(=O)OC(C)(C)C. The number of alkyl carbamates (subject to hydrolysis) is 1. The molecule has 0 bridgehead atoms. The summed E-state index contributed by atoms with van der Waals surface area (Å²) in [5.41, 5.74) is -5.05. The molecule has 2 aromatic rings. The van der Waals surface area contributed by atoms with Crippen molar-refractivity contribution in [3.63, 3.8) is 0 Å². The Bertz CT molecular complexity index is 1300. The van der Waals surface area contributed by atoms with Crippen LogP contribution < -0.4 is 9.80 Å². The molecule has 1 amide bonds. The second-order valence-electron chi connectivity index (χ2n) is 10.6. The van der Waals surface area contributed by atoms with Crippen molar-refractivity contribution in [2.75, 3.05) is 28.3 Å². The Balaban J connectivity index is 2.72. The van der Waals surface area contributed by atoms with Gasteiger partial charge in [0, 0.05) is 22.8 Å². The molecule has 0 aliphatic carbocycles. The molecular weight excluding hydrogens is 546 g/mol. The molecule has 0 aliphatic heterocycles. The van der Waals surface area contributed by atoms with Gasteiger partial charge in [0.2, 0.25) is 0 Å². The number of nitrogens with zero attached hydrogens (tertiary/aromatic N) is 1.